The second-order valence-electron chi connectivity index (χ2n) is 7.12. The lowest BCUT2D eigenvalue weighted by molar-refractivity contribution is 0.0524. The number of fused-ring (bicyclic) bond motifs is 1. The van der Waals surface area contributed by atoms with E-state index in [0.29, 0.717) is 46.1 Å². The van der Waals surface area contributed by atoms with Crippen LogP contribution in [0.15, 0.2) is 47.6 Å². The lowest BCUT2D eigenvalue weighted by Crippen LogP contribution is -2.12. The molecule has 0 aliphatic rings. The number of benzene rings is 2. The smallest absolute Gasteiger partial charge is 0.340 e. The normalized spacial score (nSPS) is 10.9. The van der Waals surface area contributed by atoms with E-state index in [-0.39, 0.29) is 5.97 Å². The molecule has 0 spiro atoms. The van der Waals surface area contributed by atoms with Gasteiger partial charge < -0.3 is 14.2 Å². The van der Waals surface area contributed by atoms with Crippen LogP contribution in [0.2, 0.25) is 0 Å². The largest absolute Gasteiger partial charge is 0.497 e. The van der Waals surface area contributed by atoms with Gasteiger partial charge in [-0.2, -0.15) is 0 Å². The Labute approximate surface area is 195 Å². The highest BCUT2D eigenvalue weighted by Crippen LogP contribution is 2.33. The number of aromatic nitrogens is 4. The summed E-state index contributed by atoms with van der Waals surface area (Å²) in [6.45, 7) is 4.01. The summed E-state index contributed by atoms with van der Waals surface area (Å²) in [7, 11) is 3.19. The highest BCUT2D eigenvalue weighted by Gasteiger charge is 2.21. The number of esters is 1. The number of hydrogen-bond donors (Lipinski definition) is 1. The first-order valence-corrected chi connectivity index (χ1v) is 11.4. The van der Waals surface area contributed by atoms with Gasteiger partial charge in [-0.1, -0.05) is 30.0 Å². The number of para-hydroxylation sites is 1. The maximum Gasteiger partial charge on any atom is 0.340 e. The molecule has 2 aromatic heterocycles. The van der Waals surface area contributed by atoms with Gasteiger partial charge in [-0.15, -0.1) is 5.10 Å². The van der Waals surface area contributed by atoms with E-state index in [1.165, 1.54) is 11.8 Å². The summed E-state index contributed by atoms with van der Waals surface area (Å²) in [4.78, 5) is 22.1. The Morgan fingerprint density at radius 1 is 1.09 bits per heavy atom. The van der Waals surface area contributed by atoms with E-state index in [9.17, 15) is 4.79 Å². The monoisotopic (exact) mass is 464 g/mol. The molecule has 33 heavy (non-hydrogen) atoms. The molecule has 0 atom stereocenters. The molecule has 2 aromatic carbocycles. The molecule has 0 fully saturated rings. The first-order valence-electron chi connectivity index (χ1n) is 10.4. The molecule has 0 saturated heterocycles. The van der Waals surface area contributed by atoms with Crippen LogP contribution in [0.1, 0.15) is 28.5 Å². The molecule has 4 aromatic rings. The van der Waals surface area contributed by atoms with E-state index in [1.807, 2.05) is 43.3 Å². The van der Waals surface area contributed by atoms with Crippen LogP contribution in [0.5, 0.6) is 11.5 Å². The fourth-order valence-corrected chi connectivity index (χ4v) is 4.32. The highest BCUT2D eigenvalue weighted by atomic mass is 32.2. The Kier molecular flexibility index (Phi) is 6.79. The van der Waals surface area contributed by atoms with Gasteiger partial charge in [-0.05, 0) is 37.6 Å². The van der Waals surface area contributed by atoms with Crippen LogP contribution in [-0.2, 0) is 10.5 Å². The molecule has 8 nitrogen and oxygen atoms in total. The fourth-order valence-electron chi connectivity index (χ4n) is 3.58. The van der Waals surface area contributed by atoms with Crippen molar-refractivity contribution in [1.82, 2.24) is 20.2 Å². The zero-order chi connectivity index (χ0) is 23.4. The molecule has 0 unspecified atom stereocenters. The van der Waals surface area contributed by atoms with Gasteiger partial charge in [-0.25, -0.2) is 9.78 Å². The molecule has 0 bridgehead atoms. The number of nitrogens with zero attached hydrogens (tertiary/aromatic N) is 3. The average Bonchev–Trinajstić information content (AvgIpc) is 3.31. The first-order chi connectivity index (χ1) is 16.0. The first kappa shape index (κ1) is 22.6. The van der Waals surface area contributed by atoms with Crippen molar-refractivity contribution in [2.24, 2.45) is 0 Å². The number of nitrogens with one attached hydrogen (secondary N) is 1. The fraction of sp³-hybridized carbons (Fsp3) is 0.250. The van der Waals surface area contributed by atoms with Crippen LogP contribution < -0.4 is 9.47 Å². The molecule has 4 rings (SSSR count). The van der Waals surface area contributed by atoms with Crippen LogP contribution in [0, 0.1) is 6.92 Å². The number of aromatic amines is 1. The van der Waals surface area contributed by atoms with Gasteiger partial charge in [0.05, 0.1) is 43.2 Å². The maximum atomic E-state index is 12.7. The van der Waals surface area contributed by atoms with Crippen LogP contribution in [0.3, 0.4) is 0 Å². The Hall–Kier alpha value is -3.59. The third-order valence-electron chi connectivity index (χ3n) is 5.17. The number of thioether (sulfide) groups is 1. The average molecular weight is 465 g/mol. The molecule has 0 aliphatic carbocycles. The Morgan fingerprint density at radius 2 is 1.91 bits per heavy atom. The van der Waals surface area contributed by atoms with Gasteiger partial charge in [0.1, 0.15) is 11.5 Å². The summed E-state index contributed by atoms with van der Waals surface area (Å²) in [6, 6.07) is 13.2. The quantitative estimate of drug-likeness (QED) is 0.293. The summed E-state index contributed by atoms with van der Waals surface area (Å²) < 4.78 is 16.0. The van der Waals surface area contributed by atoms with Gasteiger partial charge in [0.15, 0.2) is 5.82 Å². The number of pyridine rings is 1. The van der Waals surface area contributed by atoms with Gasteiger partial charge in [-0.3, -0.25) is 10.1 Å². The van der Waals surface area contributed by atoms with Gasteiger partial charge in [0.25, 0.3) is 0 Å². The molecule has 0 radical (unpaired) electrons. The number of H-pyrrole nitrogens is 1. The zero-order valence-corrected chi connectivity index (χ0v) is 19.7. The summed E-state index contributed by atoms with van der Waals surface area (Å²) in [6.07, 6.45) is 0. The molecule has 170 valence electrons. The number of hydrogen-bond acceptors (Lipinski definition) is 8. The number of carbonyl (C=O) groups is 1. The van der Waals surface area contributed by atoms with Crippen molar-refractivity contribution in [3.8, 4) is 22.9 Å². The Bertz CT molecular complexity index is 1310. The van der Waals surface area contributed by atoms with Crippen molar-refractivity contribution in [3.05, 3.63) is 59.3 Å². The van der Waals surface area contributed by atoms with Crippen molar-refractivity contribution in [2.45, 2.75) is 24.8 Å². The highest BCUT2D eigenvalue weighted by molar-refractivity contribution is 7.98. The van der Waals surface area contributed by atoms with Crippen molar-refractivity contribution >= 4 is 28.6 Å². The minimum absolute atomic E-state index is 0.297. The predicted molar refractivity (Wildman–Crippen MR) is 127 cm³/mol. The van der Waals surface area contributed by atoms with E-state index in [1.54, 1.807) is 27.2 Å². The molecule has 0 saturated carbocycles. The summed E-state index contributed by atoms with van der Waals surface area (Å²) in [5.41, 5.74) is 3.59. The van der Waals surface area contributed by atoms with Gasteiger partial charge in [0, 0.05) is 17.2 Å². The van der Waals surface area contributed by atoms with E-state index in [2.05, 4.69) is 15.2 Å². The standard InChI is InChI=1S/C24H24N4O4S/c1-5-32-23(29)21-14(2)16-8-6-7-9-18(16)25-19(21)13-33-24-26-22(27-28-24)17-11-10-15(30-3)12-20(17)31-4/h6-12H,5,13H2,1-4H3,(H,26,27,28). The summed E-state index contributed by atoms with van der Waals surface area (Å²) >= 11 is 1.39. The second kappa shape index (κ2) is 9.91. The van der Waals surface area contributed by atoms with Crippen molar-refractivity contribution < 1.29 is 19.0 Å². The number of methoxy groups -OCH3 is 2. The lowest BCUT2D eigenvalue weighted by Gasteiger charge is -2.13. The van der Waals surface area contributed by atoms with Gasteiger partial charge in [0.2, 0.25) is 5.16 Å². The molecular weight excluding hydrogens is 440 g/mol. The van der Waals surface area contributed by atoms with Crippen molar-refractivity contribution in [1.29, 1.82) is 0 Å². The summed E-state index contributed by atoms with van der Waals surface area (Å²) in [5.74, 6) is 1.93. The number of ether oxygens (including phenoxy) is 3. The van der Waals surface area contributed by atoms with Crippen molar-refractivity contribution in [3.63, 3.8) is 0 Å². The molecule has 0 amide bonds. The summed E-state index contributed by atoms with van der Waals surface area (Å²) in [5, 5.41) is 8.74. The maximum absolute atomic E-state index is 12.7. The van der Waals surface area contributed by atoms with Gasteiger partial charge >= 0.3 is 5.97 Å². The molecular formula is C24H24N4O4S. The number of aryl methyl sites for hydroxylation is 1. The SMILES string of the molecule is CCOC(=O)c1c(CSc2n[nH]c(-c3ccc(OC)cc3OC)n2)nc2ccccc2c1C. The van der Waals surface area contributed by atoms with Crippen LogP contribution in [0.25, 0.3) is 22.3 Å². The van der Waals surface area contributed by atoms with E-state index in [0.717, 1.165) is 22.0 Å². The number of carbonyl (C=O) groups excluding carboxylic acids is 1. The number of rotatable bonds is 8. The lowest BCUT2D eigenvalue weighted by atomic mass is 10.0. The topological polar surface area (TPSA) is 99.2 Å². The molecule has 1 N–H and O–H groups in total. The van der Waals surface area contributed by atoms with E-state index >= 15 is 0 Å². The third kappa shape index (κ3) is 4.63. The predicted octanol–water partition coefficient (Wildman–Crippen LogP) is 4.81. The molecule has 9 heteroatoms. The molecule has 0 aliphatic heterocycles. The Balaban J connectivity index is 1.63. The molecule has 2 heterocycles. The van der Waals surface area contributed by atoms with Crippen LogP contribution in [0.4, 0.5) is 0 Å². The minimum Gasteiger partial charge on any atom is -0.497 e. The Morgan fingerprint density at radius 3 is 2.67 bits per heavy atom. The van der Waals surface area contributed by atoms with Crippen LogP contribution in [-0.4, -0.2) is 47.0 Å². The second-order valence-corrected chi connectivity index (χ2v) is 8.06. The van der Waals surface area contributed by atoms with Crippen molar-refractivity contribution in [2.75, 3.05) is 20.8 Å². The van der Waals surface area contributed by atoms with Crippen LogP contribution >= 0.6 is 11.8 Å². The zero-order valence-electron chi connectivity index (χ0n) is 18.8. The minimum atomic E-state index is -0.373. The van der Waals surface area contributed by atoms with E-state index in [4.69, 9.17) is 19.2 Å². The van der Waals surface area contributed by atoms with E-state index < -0.39 is 0 Å². The third-order valence-corrected chi connectivity index (χ3v) is 6.03.